The summed E-state index contributed by atoms with van der Waals surface area (Å²) in [6, 6.07) is 5.65. The number of nitrogens with one attached hydrogen (secondary N) is 1. The minimum absolute atomic E-state index is 0.216. The minimum Gasteiger partial charge on any atom is -0.322 e. The maximum absolute atomic E-state index is 11.9. The number of benzene rings is 1. The zero-order valence-electron chi connectivity index (χ0n) is 9.14. The Bertz CT molecular complexity index is 543. The molecule has 1 heterocycles. The van der Waals surface area contributed by atoms with E-state index >= 15 is 0 Å². The van der Waals surface area contributed by atoms with Crippen LogP contribution in [-0.2, 0) is 0 Å². The molecule has 1 aromatic carbocycles. The van der Waals surface area contributed by atoms with Gasteiger partial charge in [-0.25, -0.2) is 9.97 Å². The van der Waals surface area contributed by atoms with Gasteiger partial charge in [-0.2, -0.15) is 0 Å². The summed E-state index contributed by atoms with van der Waals surface area (Å²) in [5.74, 6) is -0.216. The highest BCUT2D eigenvalue weighted by Gasteiger charge is 2.08. The summed E-state index contributed by atoms with van der Waals surface area (Å²) in [5, 5.41) is 2.82. The lowest BCUT2D eigenvalue weighted by molar-refractivity contribution is 0.102. The molecular formula is C12H10BrN3O. The van der Waals surface area contributed by atoms with Crippen LogP contribution in [0.15, 0.2) is 41.4 Å². The van der Waals surface area contributed by atoms with Crippen molar-refractivity contribution in [2.24, 2.45) is 0 Å². The SMILES string of the molecule is Cc1c(Br)cccc1NC(=O)c1cncnc1. The fourth-order valence-corrected chi connectivity index (χ4v) is 1.72. The van der Waals surface area contributed by atoms with Gasteiger partial charge in [-0.3, -0.25) is 4.79 Å². The normalized spacial score (nSPS) is 10.0. The Hall–Kier alpha value is -1.75. The van der Waals surface area contributed by atoms with E-state index in [1.807, 2.05) is 25.1 Å². The second kappa shape index (κ2) is 5.05. The van der Waals surface area contributed by atoms with Crippen molar-refractivity contribution in [2.45, 2.75) is 6.92 Å². The van der Waals surface area contributed by atoms with Crippen molar-refractivity contribution in [2.75, 3.05) is 5.32 Å². The van der Waals surface area contributed by atoms with E-state index in [0.717, 1.165) is 15.7 Å². The van der Waals surface area contributed by atoms with E-state index in [1.54, 1.807) is 0 Å². The van der Waals surface area contributed by atoms with Crippen molar-refractivity contribution >= 4 is 27.5 Å². The maximum Gasteiger partial charge on any atom is 0.258 e. The van der Waals surface area contributed by atoms with Gasteiger partial charge >= 0.3 is 0 Å². The standard InChI is InChI=1S/C12H10BrN3O/c1-8-10(13)3-2-4-11(8)16-12(17)9-5-14-7-15-6-9/h2-7H,1H3,(H,16,17). The molecule has 0 bridgehead atoms. The third kappa shape index (κ3) is 2.68. The molecule has 0 atom stereocenters. The molecule has 0 radical (unpaired) electrons. The molecule has 0 aliphatic rings. The van der Waals surface area contributed by atoms with Gasteiger partial charge in [-0.1, -0.05) is 22.0 Å². The quantitative estimate of drug-likeness (QED) is 0.926. The second-order valence-electron chi connectivity index (χ2n) is 3.49. The number of rotatable bonds is 2. The number of amides is 1. The molecule has 0 aliphatic carbocycles. The molecule has 2 rings (SSSR count). The van der Waals surface area contributed by atoms with Crippen LogP contribution < -0.4 is 5.32 Å². The summed E-state index contributed by atoms with van der Waals surface area (Å²) < 4.78 is 0.958. The van der Waals surface area contributed by atoms with Crippen LogP contribution in [0.25, 0.3) is 0 Å². The molecule has 4 nitrogen and oxygen atoms in total. The molecule has 1 amide bonds. The van der Waals surface area contributed by atoms with Crippen LogP contribution in [0.3, 0.4) is 0 Å². The van der Waals surface area contributed by atoms with Crippen LogP contribution in [0.2, 0.25) is 0 Å². The molecule has 86 valence electrons. The van der Waals surface area contributed by atoms with Crippen molar-refractivity contribution in [1.29, 1.82) is 0 Å². The van der Waals surface area contributed by atoms with E-state index in [1.165, 1.54) is 18.7 Å². The lowest BCUT2D eigenvalue weighted by atomic mass is 10.2. The molecule has 0 fully saturated rings. The Labute approximate surface area is 107 Å². The fraction of sp³-hybridized carbons (Fsp3) is 0.0833. The van der Waals surface area contributed by atoms with Crippen LogP contribution in [0.1, 0.15) is 15.9 Å². The van der Waals surface area contributed by atoms with Gasteiger partial charge in [0.2, 0.25) is 0 Å². The number of aromatic nitrogens is 2. The van der Waals surface area contributed by atoms with Crippen molar-refractivity contribution in [3.05, 3.63) is 52.5 Å². The van der Waals surface area contributed by atoms with Crippen LogP contribution >= 0.6 is 15.9 Å². The molecule has 0 unspecified atom stereocenters. The summed E-state index contributed by atoms with van der Waals surface area (Å²) in [5.41, 5.74) is 2.19. The highest BCUT2D eigenvalue weighted by atomic mass is 79.9. The van der Waals surface area contributed by atoms with E-state index in [9.17, 15) is 4.79 Å². The zero-order chi connectivity index (χ0) is 12.3. The molecule has 2 aromatic rings. The summed E-state index contributed by atoms with van der Waals surface area (Å²) in [4.78, 5) is 19.5. The monoisotopic (exact) mass is 291 g/mol. The molecule has 0 saturated heterocycles. The van der Waals surface area contributed by atoms with Gasteiger partial charge in [0, 0.05) is 22.6 Å². The summed E-state index contributed by atoms with van der Waals surface area (Å²) >= 11 is 3.42. The molecule has 1 aromatic heterocycles. The third-order valence-corrected chi connectivity index (χ3v) is 3.20. The number of nitrogens with zero attached hydrogens (tertiary/aromatic N) is 2. The average molecular weight is 292 g/mol. The molecule has 0 spiro atoms. The second-order valence-corrected chi connectivity index (χ2v) is 4.35. The number of carbonyl (C=O) groups is 1. The van der Waals surface area contributed by atoms with Gasteiger partial charge in [0.15, 0.2) is 0 Å². The van der Waals surface area contributed by atoms with Gasteiger partial charge in [-0.05, 0) is 24.6 Å². The van der Waals surface area contributed by atoms with Gasteiger partial charge in [-0.15, -0.1) is 0 Å². The van der Waals surface area contributed by atoms with Crippen molar-refractivity contribution in [1.82, 2.24) is 9.97 Å². The Morgan fingerprint density at radius 2 is 2.00 bits per heavy atom. The van der Waals surface area contributed by atoms with Crippen molar-refractivity contribution in [3.8, 4) is 0 Å². The first kappa shape index (κ1) is 11.7. The first-order chi connectivity index (χ1) is 8.18. The number of anilines is 1. The Morgan fingerprint density at radius 1 is 1.29 bits per heavy atom. The van der Waals surface area contributed by atoms with Crippen LogP contribution in [0, 0.1) is 6.92 Å². The van der Waals surface area contributed by atoms with Crippen molar-refractivity contribution in [3.63, 3.8) is 0 Å². The molecule has 5 heteroatoms. The first-order valence-corrected chi connectivity index (χ1v) is 5.79. The molecule has 0 aliphatic heterocycles. The largest absolute Gasteiger partial charge is 0.322 e. The van der Waals surface area contributed by atoms with E-state index in [2.05, 4.69) is 31.2 Å². The van der Waals surface area contributed by atoms with Crippen LogP contribution in [0.5, 0.6) is 0 Å². The first-order valence-electron chi connectivity index (χ1n) is 5.00. The highest BCUT2D eigenvalue weighted by Crippen LogP contribution is 2.23. The summed E-state index contributed by atoms with van der Waals surface area (Å²) in [6.45, 7) is 1.93. The number of hydrogen-bond donors (Lipinski definition) is 1. The van der Waals surface area contributed by atoms with Crippen molar-refractivity contribution < 1.29 is 4.79 Å². The maximum atomic E-state index is 11.9. The van der Waals surface area contributed by atoms with E-state index in [4.69, 9.17) is 0 Å². The Balaban J connectivity index is 2.22. The van der Waals surface area contributed by atoms with Gasteiger partial charge in [0.25, 0.3) is 5.91 Å². The fourth-order valence-electron chi connectivity index (χ4n) is 1.35. The third-order valence-electron chi connectivity index (χ3n) is 2.34. The molecule has 17 heavy (non-hydrogen) atoms. The van der Waals surface area contributed by atoms with Gasteiger partial charge in [0.05, 0.1) is 5.56 Å². The van der Waals surface area contributed by atoms with Crippen LogP contribution in [-0.4, -0.2) is 15.9 Å². The Morgan fingerprint density at radius 3 is 2.71 bits per heavy atom. The van der Waals surface area contributed by atoms with Gasteiger partial charge < -0.3 is 5.32 Å². The zero-order valence-corrected chi connectivity index (χ0v) is 10.7. The average Bonchev–Trinajstić information content (AvgIpc) is 2.36. The van der Waals surface area contributed by atoms with E-state index in [0.29, 0.717) is 5.56 Å². The van der Waals surface area contributed by atoms with Crippen LogP contribution in [0.4, 0.5) is 5.69 Å². The predicted molar refractivity (Wildman–Crippen MR) is 68.9 cm³/mol. The number of halogens is 1. The predicted octanol–water partition coefficient (Wildman–Crippen LogP) is 2.80. The smallest absolute Gasteiger partial charge is 0.258 e. The molecular weight excluding hydrogens is 282 g/mol. The van der Waals surface area contributed by atoms with Gasteiger partial charge in [0.1, 0.15) is 6.33 Å². The lowest BCUT2D eigenvalue weighted by Crippen LogP contribution is -2.13. The minimum atomic E-state index is -0.216. The molecule has 1 N–H and O–H groups in total. The topological polar surface area (TPSA) is 54.9 Å². The molecule has 0 saturated carbocycles. The Kier molecular flexibility index (Phi) is 3.49. The highest BCUT2D eigenvalue weighted by molar-refractivity contribution is 9.10. The summed E-state index contributed by atoms with van der Waals surface area (Å²) in [6.07, 6.45) is 4.35. The van der Waals surface area contributed by atoms with E-state index in [-0.39, 0.29) is 5.91 Å². The lowest BCUT2D eigenvalue weighted by Gasteiger charge is -2.09. The number of carbonyl (C=O) groups excluding carboxylic acids is 1. The number of hydrogen-bond acceptors (Lipinski definition) is 3. The summed E-state index contributed by atoms with van der Waals surface area (Å²) in [7, 11) is 0. The van der Waals surface area contributed by atoms with E-state index < -0.39 is 0 Å².